The number of unbranched alkanes of at least 4 members (excludes halogenated alkanes) is 2. The maximum absolute atomic E-state index is 13.7. The Morgan fingerprint density at radius 1 is 0.762 bits per heavy atom. The monoisotopic (exact) mass is 875 g/mol. The number of hydrogen-bond acceptors (Lipinski definition) is 11. The van der Waals surface area contributed by atoms with E-state index in [9.17, 15) is 29.1 Å². The van der Waals surface area contributed by atoms with E-state index in [0.717, 1.165) is 43.5 Å². The van der Waals surface area contributed by atoms with Crippen LogP contribution in [0.1, 0.15) is 116 Å². The van der Waals surface area contributed by atoms with Crippen LogP contribution in [0.2, 0.25) is 0 Å². The number of benzene rings is 2. The van der Waals surface area contributed by atoms with E-state index in [1.807, 2.05) is 19.1 Å². The Balaban J connectivity index is 1.13. The van der Waals surface area contributed by atoms with Crippen molar-refractivity contribution in [2.45, 2.75) is 154 Å². The third-order valence-electron chi connectivity index (χ3n) is 13.4. The van der Waals surface area contributed by atoms with Gasteiger partial charge in [0.05, 0.1) is 23.8 Å². The summed E-state index contributed by atoms with van der Waals surface area (Å²) in [5, 5.41) is 27.4. The number of amides is 5. The van der Waals surface area contributed by atoms with E-state index in [1.54, 1.807) is 24.3 Å². The maximum Gasteiger partial charge on any atom is 0.481 e. The fraction of sp³-hybridized carbons (Fsp3) is 0.630. The fourth-order valence-electron chi connectivity index (χ4n) is 9.28. The molecule has 5 amide bonds. The Morgan fingerprint density at radius 3 is 2.00 bits per heavy atom. The predicted octanol–water partition coefficient (Wildman–Crippen LogP) is 2.98. The SMILES string of the molecule is CCCCc1ccc(Nc2ccc(C(=O)N[C@@H](CCN)C(=O)N[C@H](C(=O)N[C@@H](C)C(=O)N[C@@H](CCCCN)C(=O)N[C@@H](C)B3OC4C[C@@H]5C[C@@H](C5(C)C)[C@]4(C)O3)[C@@H](C)O)cc2)cc1. The molecule has 1 saturated heterocycles. The Hall–Kier alpha value is -4.55. The molecule has 16 nitrogen and oxygen atoms in total. The third-order valence-corrected chi connectivity index (χ3v) is 13.4. The number of carbonyl (C=O) groups excluding carboxylic acids is 5. The molecule has 3 saturated carbocycles. The molecule has 1 aliphatic heterocycles. The lowest BCUT2D eigenvalue weighted by Gasteiger charge is -2.64. The number of aliphatic hydroxyl groups excluding tert-OH is 1. The van der Waals surface area contributed by atoms with Crippen LogP contribution in [0, 0.1) is 17.3 Å². The predicted molar refractivity (Wildman–Crippen MR) is 243 cm³/mol. The van der Waals surface area contributed by atoms with Crippen molar-refractivity contribution in [3.05, 3.63) is 59.7 Å². The maximum atomic E-state index is 13.7. The first-order chi connectivity index (χ1) is 29.9. The summed E-state index contributed by atoms with van der Waals surface area (Å²) in [6, 6.07) is 10.2. The van der Waals surface area contributed by atoms with Gasteiger partial charge in [0.2, 0.25) is 23.6 Å². The Morgan fingerprint density at radius 2 is 1.40 bits per heavy atom. The first-order valence-corrected chi connectivity index (χ1v) is 22.8. The largest absolute Gasteiger partial charge is 0.481 e. The van der Waals surface area contributed by atoms with Crippen LogP contribution in [-0.4, -0.2) is 103 Å². The lowest BCUT2D eigenvalue weighted by atomic mass is 9.43. The van der Waals surface area contributed by atoms with Crippen LogP contribution in [-0.2, 0) is 34.9 Å². The number of hydrogen-bond donors (Lipinski definition) is 9. The summed E-state index contributed by atoms with van der Waals surface area (Å²) in [6.45, 7) is 13.9. The molecule has 346 valence electrons. The van der Waals surface area contributed by atoms with Gasteiger partial charge in [-0.05, 0) is 151 Å². The van der Waals surface area contributed by atoms with Gasteiger partial charge >= 0.3 is 7.12 Å². The Kier molecular flexibility index (Phi) is 17.2. The zero-order valence-corrected chi connectivity index (χ0v) is 38.1. The third kappa shape index (κ3) is 12.2. The van der Waals surface area contributed by atoms with E-state index >= 15 is 0 Å². The minimum absolute atomic E-state index is 0.0415. The van der Waals surface area contributed by atoms with Gasteiger partial charge in [-0.1, -0.05) is 39.3 Å². The smallest absolute Gasteiger partial charge is 0.404 e. The summed E-state index contributed by atoms with van der Waals surface area (Å²) in [7, 11) is -0.652. The van der Waals surface area contributed by atoms with E-state index < -0.39 is 78.5 Å². The number of anilines is 2. The van der Waals surface area contributed by atoms with Gasteiger partial charge in [0.1, 0.15) is 24.2 Å². The van der Waals surface area contributed by atoms with Crippen LogP contribution >= 0.6 is 0 Å². The molecule has 1 unspecified atom stereocenters. The number of carbonyl (C=O) groups is 5. The van der Waals surface area contributed by atoms with Crippen LogP contribution in [0.15, 0.2) is 48.5 Å². The van der Waals surface area contributed by atoms with Gasteiger partial charge in [-0.2, -0.15) is 0 Å². The quantitative estimate of drug-likeness (QED) is 0.0580. The summed E-state index contributed by atoms with van der Waals surface area (Å²) >= 11 is 0. The molecular formula is C46H71BN8O8. The zero-order chi connectivity index (χ0) is 46.1. The van der Waals surface area contributed by atoms with Crippen molar-refractivity contribution >= 4 is 48.0 Å². The zero-order valence-electron chi connectivity index (χ0n) is 38.1. The van der Waals surface area contributed by atoms with Crippen molar-refractivity contribution in [1.82, 2.24) is 26.6 Å². The Bertz CT molecular complexity index is 1880. The summed E-state index contributed by atoms with van der Waals surface area (Å²) in [4.78, 5) is 67.5. The molecule has 2 aromatic carbocycles. The van der Waals surface area contributed by atoms with Crippen molar-refractivity contribution in [3.8, 4) is 0 Å². The van der Waals surface area contributed by atoms with Gasteiger partial charge in [-0.15, -0.1) is 0 Å². The lowest BCUT2D eigenvalue weighted by molar-refractivity contribution is -0.199. The molecule has 4 fully saturated rings. The molecule has 2 aromatic rings. The van der Waals surface area contributed by atoms with Crippen molar-refractivity contribution in [2.24, 2.45) is 28.7 Å². The van der Waals surface area contributed by atoms with Crippen LogP contribution in [0.4, 0.5) is 11.4 Å². The topological polar surface area (TPSA) is 248 Å². The Labute approximate surface area is 373 Å². The molecule has 1 heterocycles. The molecule has 2 bridgehead atoms. The molecule has 63 heavy (non-hydrogen) atoms. The molecule has 17 heteroatoms. The van der Waals surface area contributed by atoms with Crippen LogP contribution in [0.3, 0.4) is 0 Å². The number of rotatable bonds is 23. The molecule has 0 aromatic heterocycles. The highest BCUT2D eigenvalue weighted by atomic mass is 16.7. The minimum Gasteiger partial charge on any atom is -0.404 e. The van der Waals surface area contributed by atoms with Crippen LogP contribution in [0.5, 0.6) is 0 Å². The highest BCUT2D eigenvalue weighted by Gasteiger charge is 2.68. The minimum atomic E-state index is -1.49. The molecule has 11 N–H and O–H groups in total. The lowest BCUT2D eigenvalue weighted by Crippen LogP contribution is -2.65. The van der Waals surface area contributed by atoms with Gasteiger partial charge < -0.3 is 57.8 Å². The van der Waals surface area contributed by atoms with E-state index in [-0.39, 0.29) is 24.5 Å². The molecule has 4 aliphatic rings. The summed E-state index contributed by atoms with van der Waals surface area (Å²) in [5.41, 5.74) is 14.5. The normalized spacial score (nSPS) is 23.7. The first kappa shape index (κ1) is 49.5. The second-order valence-electron chi connectivity index (χ2n) is 18.5. The standard InChI is InChI=1S/C46H71BN8O8/c1-8-9-12-30-14-18-33(19-15-30)52-34-20-16-31(17-21-34)41(58)54-36(22-24-49)43(60)55-39(28(3)56)44(61)50-27(2)40(57)53-35(13-10-11-23-48)42(59)51-29(4)47-62-38-26-32-25-37(45(32,5)6)46(38,7)63-47/h14-21,27-29,32,35-39,52,56H,8-13,22-26,48-49H2,1-7H3,(H,50,61)(H,51,59)(H,53,57)(H,54,58)(H,55,60)/t27-,28+,29-,32-,35-,36-,37-,38?,39-,46-/m0/s1. The van der Waals surface area contributed by atoms with Gasteiger partial charge in [-0.25, -0.2) is 0 Å². The number of nitrogens with two attached hydrogens (primary N) is 2. The van der Waals surface area contributed by atoms with Crippen molar-refractivity contribution in [1.29, 1.82) is 0 Å². The highest BCUT2D eigenvalue weighted by molar-refractivity contribution is 6.47. The molecule has 0 spiro atoms. The van der Waals surface area contributed by atoms with Gasteiger partial charge in [-0.3, -0.25) is 24.0 Å². The average Bonchev–Trinajstić information content (AvgIpc) is 3.62. The van der Waals surface area contributed by atoms with Crippen molar-refractivity contribution in [3.63, 3.8) is 0 Å². The first-order valence-electron chi connectivity index (χ1n) is 22.8. The summed E-state index contributed by atoms with van der Waals surface area (Å²) < 4.78 is 12.9. The second-order valence-corrected chi connectivity index (χ2v) is 18.5. The summed E-state index contributed by atoms with van der Waals surface area (Å²) in [5.74, 6) is -2.78. The number of aliphatic hydroxyl groups is 1. The van der Waals surface area contributed by atoms with E-state index in [2.05, 4.69) is 71.7 Å². The molecule has 3 aliphatic carbocycles. The molecular weight excluding hydrogens is 803 g/mol. The van der Waals surface area contributed by atoms with Gasteiger partial charge in [0, 0.05) is 16.9 Å². The van der Waals surface area contributed by atoms with Crippen LogP contribution in [0.25, 0.3) is 0 Å². The number of aryl methyl sites for hydroxylation is 1. The van der Waals surface area contributed by atoms with E-state index in [4.69, 9.17) is 20.8 Å². The van der Waals surface area contributed by atoms with Crippen molar-refractivity contribution < 1.29 is 38.4 Å². The molecule has 10 atom stereocenters. The number of nitrogens with one attached hydrogen (secondary N) is 6. The van der Waals surface area contributed by atoms with Gasteiger partial charge in [0.25, 0.3) is 5.91 Å². The molecule has 6 rings (SSSR count). The molecule has 0 radical (unpaired) electrons. The fourth-order valence-corrected chi connectivity index (χ4v) is 9.28. The average molecular weight is 875 g/mol. The van der Waals surface area contributed by atoms with E-state index in [1.165, 1.54) is 19.4 Å². The van der Waals surface area contributed by atoms with Crippen LogP contribution < -0.4 is 43.4 Å². The van der Waals surface area contributed by atoms with Gasteiger partial charge in [0.15, 0.2) is 0 Å². The second kappa shape index (κ2) is 21.9. The van der Waals surface area contributed by atoms with Crippen molar-refractivity contribution in [2.75, 3.05) is 18.4 Å². The summed E-state index contributed by atoms with van der Waals surface area (Å²) in [6.07, 6.45) is 5.40. The highest BCUT2D eigenvalue weighted by Crippen LogP contribution is 2.65. The van der Waals surface area contributed by atoms with E-state index in [0.29, 0.717) is 43.2 Å².